The Morgan fingerprint density at radius 3 is 2.61 bits per heavy atom. The van der Waals surface area contributed by atoms with Crippen LogP contribution >= 0.6 is 23.2 Å². The van der Waals surface area contributed by atoms with E-state index in [1.165, 1.54) is 17.2 Å². The van der Waals surface area contributed by atoms with Crippen molar-refractivity contribution in [2.45, 2.75) is 12.5 Å². The van der Waals surface area contributed by atoms with Gasteiger partial charge >= 0.3 is 0 Å². The Morgan fingerprint density at radius 1 is 1.25 bits per heavy atom. The maximum absolute atomic E-state index is 13.0. The maximum Gasteiger partial charge on any atom is 0.290 e. The number of carbonyl (C=O) groups excluding carboxylic acids is 2. The molecular weight excluding hydrogens is 403 g/mol. The second-order valence-corrected chi connectivity index (χ2v) is 7.61. The van der Waals surface area contributed by atoms with Gasteiger partial charge in [-0.1, -0.05) is 29.3 Å². The number of halogens is 2. The molecule has 6 nitrogen and oxygen atoms in total. The van der Waals surface area contributed by atoms with Crippen LogP contribution in [0, 0.1) is 0 Å². The first kappa shape index (κ1) is 20.5. The Morgan fingerprint density at radius 2 is 2.00 bits per heavy atom. The van der Waals surface area contributed by atoms with Gasteiger partial charge < -0.3 is 19.3 Å². The molecule has 1 N–H and O–H groups in total. The predicted octanol–water partition coefficient (Wildman–Crippen LogP) is 4.12. The molecule has 2 heterocycles. The van der Waals surface area contributed by atoms with Gasteiger partial charge in [-0.05, 0) is 56.9 Å². The summed E-state index contributed by atoms with van der Waals surface area (Å²) in [6.45, 7) is 1.11. The highest BCUT2D eigenvalue weighted by molar-refractivity contribution is 6.42. The van der Waals surface area contributed by atoms with E-state index in [1.807, 2.05) is 19.0 Å². The lowest BCUT2D eigenvalue weighted by Crippen LogP contribution is -2.33. The Balaban J connectivity index is 2.03. The van der Waals surface area contributed by atoms with Crippen LogP contribution in [0.25, 0.3) is 0 Å². The second-order valence-electron chi connectivity index (χ2n) is 6.80. The number of furan rings is 1. The fourth-order valence-corrected chi connectivity index (χ4v) is 3.55. The van der Waals surface area contributed by atoms with Crippen LogP contribution in [-0.2, 0) is 4.79 Å². The molecule has 0 bridgehead atoms. The number of hydrogen-bond acceptors (Lipinski definition) is 5. The van der Waals surface area contributed by atoms with Crippen LogP contribution in [0.2, 0.25) is 10.0 Å². The quantitative estimate of drug-likeness (QED) is 0.679. The van der Waals surface area contributed by atoms with Crippen LogP contribution in [0.1, 0.15) is 28.6 Å². The minimum Gasteiger partial charge on any atom is -0.503 e. The van der Waals surface area contributed by atoms with Crippen LogP contribution < -0.4 is 0 Å². The number of nitrogens with zero attached hydrogens (tertiary/aromatic N) is 2. The number of aliphatic hydroxyl groups excluding tert-OH is 1. The third-order valence-corrected chi connectivity index (χ3v) is 5.30. The van der Waals surface area contributed by atoms with Gasteiger partial charge in [-0.15, -0.1) is 0 Å². The van der Waals surface area contributed by atoms with E-state index in [4.69, 9.17) is 27.6 Å². The fraction of sp³-hybridized carbons (Fsp3) is 0.300. The summed E-state index contributed by atoms with van der Waals surface area (Å²) in [7, 11) is 3.87. The third-order valence-electron chi connectivity index (χ3n) is 4.56. The number of rotatable bonds is 7. The summed E-state index contributed by atoms with van der Waals surface area (Å²) in [6, 6.07) is 7.19. The number of Topliss-reactive ketones (excluding diaryl/α,β-unsaturated/α-hetero) is 1. The Bertz CT molecular complexity index is 922. The lowest BCUT2D eigenvalue weighted by Gasteiger charge is -2.27. The SMILES string of the molecule is CN(C)CCCN1C(=O)C(O)=C(C(=O)c2ccco2)C1c1ccc(Cl)c(Cl)c1. The first-order valence-corrected chi connectivity index (χ1v) is 9.48. The molecule has 1 aromatic carbocycles. The van der Waals surface area contributed by atoms with Crippen molar-refractivity contribution in [3.8, 4) is 0 Å². The minimum atomic E-state index is -0.776. The highest BCUT2D eigenvalue weighted by Gasteiger charge is 2.44. The molecule has 1 aliphatic rings. The minimum absolute atomic E-state index is 0.0248. The molecule has 1 unspecified atom stereocenters. The van der Waals surface area contributed by atoms with E-state index in [0.29, 0.717) is 28.6 Å². The highest BCUT2D eigenvalue weighted by Crippen LogP contribution is 2.40. The molecule has 3 rings (SSSR count). The van der Waals surface area contributed by atoms with E-state index < -0.39 is 23.5 Å². The molecule has 148 valence electrons. The molecular formula is C20H20Cl2N2O4. The van der Waals surface area contributed by atoms with E-state index in [9.17, 15) is 14.7 Å². The summed E-state index contributed by atoms with van der Waals surface area (Å²) < 4.78 is 5.19. The van der Waals surface area contributed by atoms with Gasteiger partial charge in [0, 0.05) is 6.54 Å². The lowest BCUT2D eigenvalue weighted by atomic mass is 9.95. The molecule has 2 aromatic rings. The van der Waals surface area contributed by atoms with Crippen LogP contribution in [0.4, 0.5) is 0 Å². The number of ketones is 1. The summed E-state index contributed by atoms with van der Waals surface area (Å²) >= 11 is 12.2. The van der Waals surface area contributed by atoms with Crippen molar-refractivity contribution in [1.29, 1.82) is 0 Å². The van der Waals surface area contributed by atoms with E-state index in [2.05, 4.69) is 0 Å². The Kier molecular flexibility index (Phi) is 6.13. The normalized spacial score (nSPS) is 17.1. The van der Waals surface area contributed by atoms with Gasteiger partial charge in [-0.25, -0.2) is 0 Å². The topological polar surface area (TPSA) is 74.0 Å². The molecule has 28 heavy (non-hydrogen) atoms. The van der Waals surface area contributed by atoms with E-state index >= 15 is 0 Å². The molecule has 1 amide bonds. The summed E-state index contributed by atoms with van der Waals surface area (Å²) in [6.07, 6.45) is 2.04. The summed E-state index contributed by atoms with van der Waals surface area (Å²) in [4.78, 5) is 29.2. The van der Waals surface area contributed by atoms with Gasteiger partial charge in [0.25, 0.3) is 5.91 Å². The first-order chi connectivity index (χ1) is 13.3. The summed E-state index contributed by atoms with van der Waals surface area (Å²) in [5, 5.41) is 11.2. The molecule has 0 fully saturated rings. The number of benzene rings is 1. The van der Waals surface area contributed by atoms with Crippen molar-refractivity contribution >= 4 is 34.9 Å². The molecule has 0 spiro atoms. The van der Waals surface area contributed by atoms with Gasteiger partial charge in [-0.2, -0.15) is 0 Å². The van der Waals surface area contributed by atoms with Crippen molar-refractivity contribution < 1.29 is 19.1 Å². The van der Waals surface area contributed by atoms with Crippen LogP contribution in [0.5, 0.6) is 0 Å². The molecule has 0 aliphatic carbocycles. The van der Waals surface area contributed by atoms with Gasteiger partial charge in [0.1, 0.15) is 0 Å². The number of aliphatic hydroxyl groups is 1. The predicted molar refractivity (Wildman–Crippen MR) is 107 cm³/mol. The van der Waals surface area contributed by atoms with Crippen molar-refractivity contribution in [1.82, 2.24) is 9.80 Å². The Labute approximate surface area is 172 Å². The van der Waals surface area contributed by atoms with Gasteiger partial charge in [0.05, 0.1) is 27.9 Å². The van der Waals surface area contributed by atoms with Crippen LogP contribution in [0.3, 0.4) is 0 Å². The smallest absolute Gasteiger partial charge is 0.290 e. The molecule has 0 radical (unpaired) electrons. The number of carbonyl (C=O) groups is 2. The Hall–Kier alpha value is -2.28. The maximum atomic E-state index is 13.0. The molecule has 8 heteroatoms. The second kappa shape index (κ2) is 8.39. The van der Waals surface area contributed by atoms with Crippen LogP contribution in [-0.4, -0.2) is 53.8 Å². The van der Waals surface area contributed by atoms with Crippen LogP contribution in [0.15, 0.2) is 52.3 Å². The summed E-state index contributed by atoms with van der Waals surface area (Å²) in [5.74, 6) is -1.65. The molecule has 1 aromatic heterocycles. The lowest BCUT2D eigenvalue weighted by molar-refractivity contribution is -0.129. The average molecular weight is 423 g/mol. The zero-order valence-electron chi connectivity index (χ0n) is 15.5. The largest absolute Gasteiger partial charge is 0.503 e. The number of amides is 1. The fourth-order valence-electron chi connectivity index (χ4n) is 3.24. The van der Waals surface area contributed by atoms with Crippen molar-refractivity contribution in [3.05, 3.63) is 69.3 Å². The first-order valence-electron chi connectivity index (χ1n) is 8.73. The van der Waals surface area contributed by atoms with Gasteiger partial charge in [-0.3, -0.25) is 9.59 Å². The zero-order chi connectivity index (χ0) is 20.4. The molecule has 0 saturated carbocycles. The zero-order valence-corrected chi connectivity index (χ0v) is 17.0. The third kappa shape index (κ3) is 3.94. The van der Waals surface area contributed by atoms with E-state index in [-0.39, 0.29) is 11.3 Å². The highest BCUT2D eigenvalue weighted by atomic mass is 35.5. The molecule has 0 saturated heterocycles. The van der Waals surface area contributed by atoms with Gasteiger partial charge in [0.2, 0.25) is 5.78 Å². The standard InChI is InChI=1S/C20H20Cl2N2O4/c1-23(2)8-4-9-24-17(12-6-7-13(21)14(22)11-12)16(19(26)20(24)27)18(25)15-5-3-10-28-15/h3,5-7,10-11,17,26H,4,8-9H2,1-2H3. The monoisotopic (exact) mass is 422 g/mol. The van der Waals surface area contributed by atoms with Crippen molar-refractivity contribution in [3.63, 3.8) is 0 Å². The summed E-state index contributed by atoms with van der Waals surface area (Å²) in [5.41, 5.74) is 0.565. The van der Waals surface area contributed by atoms with Crippen molar-refractivity contribution in [2.75, 3.05) is 27.2 Å². The molecule has 1 atom stereocenters. The van der Waals surface area contributed by atoms with E-state index in [0.717, 1.165) is 6.54 Å². The average Bonchev–Trinajstić information content (AvgIpc) is 3.26. The molecule has 1 aliphatic heterocycles. The van der Waals surface area contributed by atoms with Crippen molar-refractivity contribution in [2.24, 2.45) is 0 Å². The number of hydrogen-bond donors (Lipinski definition) is 1. The van der Waals surface area contributed by atoms with Gasteiger partial charge in [0.15, 0.2) is 11.5 Å². The van der Waals surface area contributed by atoms with E-state index in [1.54, 1.807) is 24.3 Å².